The normalized spacial score (nSPS) is 14.5. The largest absolute Gasteiger partial charge is 0.284 e. The zero-order valence-corrected chi connectivity index (χ0v) is 6.09. The van der Waals surface area contributed by atoms with Crippen molar-refractivity contribution in [3.63, 3.8) is 0 Å². The van der Waals surface area contributed by atoms with E-state index in [0.717, 1.165) is 13.0 Å². The van der Waals surface area contributed by atoms with E-state index in [1.54, 1.807) is 0 Å². The fourth-order valence-electron chi connectivity index (χ4n) is 1.44. The summed E-state index contributed by atoms with van der Waals surface area (Å²) >= 11 is 0. The average Bonchev–Trinajstić information content (AvgIpc) is 2.36. The maximum atomic E-state index is 4.40. The molecule has 1 radical (unpaired) electrons. The first-order chi connectivity index (χ1) is 4.88. The van der Waals surface area contributed by atoms with Crippen molar-refractivity contribution < 1.29 is 0 Å². The van der Waals surface area contributed by atoms with E-state index in [1.807, 2.05) is 0 Å². The van der Waals surface area contributed by atoms with E-state index >= 15 is 0 Å². The summed E-state index contributed by atoms with van der Waals surface area (Å²) in [6.45, 7) is 3.10. The Hall–Kier alpha value is -0.980. The molecule has 1 aromatic rings. The van der Waals surface area contributed by atoms with Gasteiger partial charge in [-0.05, 0) is 24.5 Å². The summed E-state index contributed by atoms with van der Waals surface area (Å²) in [6.07, 6.45) is 1.14. The molecule has 0 aliphatic carbocycles. The number of nitrogens with zero attached hydrogens (tertiary/aromatic N) is 1. The summed E-state index contributed by atoms with van der Waals surface area (Å²) in [5.74, 6) is 0. The molecule has 1 aromatic carbocycles. The number of fused-ring (bicyclic) bond motifs is 1. The monoisotopic (exact) mass is 132 g/mol. The summed E-state index contributed by atoms with van der Waals surface area (Å²) in [4.78, 5) is 0. The standard InChI is InChI=1S/C9H10N/c1-7-3-2-4-8-5-6-10-9(7)8/h2-4H,5-6H2,1H3. The van der Waals surface area contributed by atoms with Crippen molar-refractivity contribution in [3.8, 4) is 0 Å². The van der Waals surface area contributed by atoms with Crippen LogP contribution in [0.1, 0.15) is 11.1 Å². The van der Waals surface area contributed by atoms with Crippen molar-refractivity contribution in [3.05, 3.63) is 29.3 Å². The van der Waals surface area contributed by atoms with Gasteiger partial charge in [-0.1, -0.05) is 18.2 Å². The zero-order valence-electron chi connectivity index (χ0n) is 6.09. The van der Waals surface area contributed by atoms with Crippen molar-refractivity contribution in [2.75, 3.05) is 6.54 Å². The molecule has 51 valence electrons. The summed E-state index contributed by atoms with van der Waals surface area (Å²) in [7, 11) is 0. The van der Waals surface area contributed by atoms with Crippen LogP contribution in [0.5, 0.6) is 0 Å². The smallest absolute Gasteiger partial charge is 0.0636 e. The number of hydrogen-bond donors (Lipinski definition) is 0. The Morgan fingerprint density at radius 1 is 1.40 bits per heavy atom. The first-order valence-corrected chi connectivity index (χ1v) is 3.64. The molecule has 1 heterocycles. The van der Waals surface area contributed by atoms with Gasteiger partial charge in [0.2, 0.25) is 0 Å². The first-order valence-electron chi connectivity index (χ1n) is 3.64. The van der Waals surface area contributed by atoms with Crippen LogP contribution in [0.4, 0.5) is 5.69 Å². The Kier molecular flexibility index (Phi) is 1.16. The number of aryl methyl sites for hydroxylation is 1. The molecular weight excluding hydrogens is 122 g/mol. The first kappa shape index (κ1) is 5.78. The van der Waals surface area contributed by atoms with Crippen molar-refractivity contribution in [2.45, 2.75) is 13.3 Å². The summed E-state index contributed by atoms with van der Waals surface area (Å²) < 4.78 is 0. The summed E-state index contributed by atoms with van der Waals surface area (Å²) in [5, 5.41) is 4.40. The van der Waals surface area contributed by atoms with E-state index in [-0.39, 0.29) is 0 Å². The van der Waals surface area contributed by atoms with Gasteiger partial charge in [0.1, 0.15) is 0 Å². The molecule has 10 heavy (non-hydrogen) atoms. The van der Waals surface area contributed by atoms with Crippen molar-refractivity contribution in [1.82, 2.24) is 5.32 Å². The molecule has 1 aliphatic rings. The highest BCUT2D eigenvalue weighted by atomic mass is 14.9. The Bertz CT molecular complexity index is 253. The van der Waals surface area contributed by atoms with Crippen LogP contribution in [-0.4, -0.2) is 6.54 Å². The molecule has 0 amide bonds. The zero-order chi connectivity index (χ0) is 6.97. The molecule has 0 bridgehead atoms. The fraction of sp³-hybridized carbons (Fsp3) is 0.333. The SMILES string of the molecule is Cc1cccc2c1[N]CC2. The predicted octanol–water partition coefficient (Wildman–Crippen LogP) is 1.79. The van der Waals surface area contributed by atoms with Crippen LogP contribution in [-0.2, 0) is 6.42 Å². The number of benzene rings is 1. The molecule has 2 rings (SSSR count). The topological polar surface area (TPSA) is 14.1 Å². The molecule has 0 spiro atoms. The number of hydrogen-bond acceptors (Lipinski definition) is 0. The van der Waals surface area contributed by atoms with Gasteiger partial charge in [0.05, 0.1) is 5.69 Å². The highest BCUT2D eigenvalue weighted by molar-refractivity contribution is 5.54. The van der Waals surface area contributed by atoms with Crippen molar-refractivity contribution in [2.24, 2.45) is 0 Å². The van der Waals surface area contributed by atoms with Gasteiger partial charge in [0, 0.05) is 6.54 Å². The Balaban J connectivity index is 2.59. The molecule has 0 aromatic heterocycles. The second-order valence-electron chi connectivity index (χ2n) is 2.71. The molecule has 1 nitrogen and oxygen atoms in total. The maximum absolute atomic E-state index is 4.40. The summed E-state index contributed by atoms with van der Waals surface area (Å²) in [6, 6.07) is 6.39. The van der Waals surface area contributed by atoms with E-state index in [2.05, 4.69) is 30.4 Å². The second-order valence-corrected chi connectivity index (χ2v) is 2.71. The van der Waals surface area contributed by atoms with E-state index in [1.165, 1.54) is 16.8 Å². The third-order valence-corrected chi connectivity index (χ3v) is 1.97. The second kappa shape index (κ2) is 2.01. The molecular formula is C9H10N. The lowest BCUT2D eigenvalue weighted by atomic mass is 10.1. The highest BCUT2D eigenvalue weighted by Gasteiger charge is 2.11. The van der Waals surface area contributed by atoms with E-state index in [0.29, 0.717) is 0 Å². The lowest BCUT2D eigenvalue weighted by molar-refractivity contribution is 0.906. The van der Waals surface area contributed by atoms with Gasteiger partial charge >= 0.3 is 0 Å². The number of rotatable bonds is 0. The van der Waals surface area contributed by atoms with Crippen LogP contribution >= 0.6 is 0 Å². The molecule has 0 saturated carbocycles. The van der Waals surface area contributed by atoms with Crippen LogP contribution in [0.2, 0.25) is 0 Å². The average molecular weight is 132 g/mol. The summed E-state index contributed by atoms with van der Waals surface area (Å²) in [5.41, 5.74) is 3.97. The van der Waals surface area contributed by atoms with Crippen molar-refractivity contribution >= 4 is 5.69 Å². The molecule has 1 aliphatic heterocycles. The van der Waals surface area contributed by atoms with Crippen LogP contribution in [0.15, 0.2) is 18.2 Å². The Morgan fingerprint density at radius 3 is 3.10 bits per heavy atom. The molecule has 0 fully saturated rings. The predicted molar refractivity (Wildman–Crippen MR) is 41.5 cm³/mol. The molecule has 0 unspecified atom stereocenters. The fourth-order valence-corrected chi connectivity index (χ4v) is 1.44. The van der Waals surface area contributed by atoms with E-state index in [9.17, 15) is 0 Å². The van der Waals surface area contributed by atoms with E-state index < -0.39 is 0 Å². The van der Waals surface area contributed by atoms with Crippen LogP contribution < -0.4 is 5.32 Å². The van der Waals surface area contributed by atoms with Gasteiger partial charge in [-0.15, -0.1) is 0 Å². The number of para-hydroxylation sites is 1. The van der Waals surface area contributed by atoms with Gasteiger partial charge in [0.25, 0.3) is 0 Å². The van der Waals surface area contributed by atoms with Gasteiger partial charge in [-0.3, -0.25) is 5.32 Å². The van der Waals surface area contributed by atoms with Gasteiger partial charge in [-0.25, -0.2) is 0 Å². The van der Waals surface area contributed by atoms with Gasteiger partial charge in [-0.2, -0.15) is 0 Å². The lowest BCUT2D eigenvalue weighted by Gasteiger charge is -1.99. The molecule has 1 heteroatoms. The third kappa shape index (κ3) is 0.703. The Morgan fingerprint density at radius 2 is 2.30 bits per heavy atom. The van der Waals surface area contributed by atoms with Crippen LogP contribution in [0.25, 0.3) is 0 Å². The minimum atomic E-state index is 0.986. The highest BCUT2D eigenvalue weighted by Crippen LogP contribution is 2.25. The van der Waals surface area contributed by atoms with Gasteiger partial charge < -0.3 is 0 Å². The van der Waals surface area contributed by atoms with Crippen molar-refractivity contribution in [1.29, 1.82) is 0 Å². The van der Waals surface area contributed by atoms with Crippen LogP contribution in [0, 0.1) is 6.92 Å². The Labute approximate surface area is 61.1 Å². The lowest BCUT2D eigenvalue weighted by Crippen LogP contribution is -1.90. The molecule has 0 N–H and O–H groups in total. The quantitative estimate of drug-likeness (QED) is 0.511. The van der Waals surface area contributed by atoms with E-state index in [4.69, 9.17) is 0 Å². The molecule has 0 atom stereocenters. The minimum absolute atomic E-state index is 0.986. The maximum Gasteiger partial charge on any atom is 0.0636 e. The van der Waals surface area contributed by atoms with Crippen LogP contribution in [0.3, 0.4) is 0 Å². The molecule has 0 saturated heterocycles. The van der Waals surface area contributed by atoms with Gasteiger partial charge in [0.15, 0.2) is 0 Å². The third-order valence-electron chi connectivity index (χ3n) is 1.97. The minimum Gasteiger partial charge on any atom is -0.284 e.